The number of carbonyl (C=O) groups is 3. The van der Waals surface area contributed by atoms with Gasteiger partial charge in [0.1, 0.15) is 0 Å². The number of benzene rings is 1. The Kier molecular flexibility index (Phi) is 5.53. The summed E-state index contributed by atoms with van der Waals surface area (Å²) in [4.78, 5) is 44.5. The van der Waals surface area contributed by atoms with Gasteiger partial charge < -0.3 is 10.0 Å². The zero-order chi connectivity index (χ0) is 21.3. The largest absolute Gasteiger partial charge is 0.480 e. The van der Waals surface area contributed by atoms with Crippen molar-refractivity contribution in [3.05, 3.63) is 65.5 Å². The minimum atomic E-state index is -1.14. The van der Waals surface area contributed by atoms with Crippen molar-refractivity contribution in [3.63, 3.8) is 0 Å². The predicted octanol–water partition coefficient (Wildman–Crippen LogP) is 2.84. The Morgan fingerprint density at radius 1 is 1.20 bits per heavy atom. The summed E-state index contributed by atoms with van der Waals surface area (Å²) >= 11 is 0. The van der Waals surface area contributed by atoms with E-state index in [1.807, 2.05) is 43.3 Å². The molecule has 0 radical (unpaired) electrons. The molecule has 2 saturated heterocycles. The lowest BCUT2D eigenvalue weighted by atomic mass is 9.82. The van der Waals surface area contributed by atoms with Crippen molar-refractivity contribution >= 4 is 17.9 Å². The van der Waals surface area contributed by atoms with Crippen LogP contribution in [0, 0.1) is 12.8 Å². The number of carboxylic acids is 1. The molecule has 1 N–H and O–H groups in total. The Morgan fingerprint density at radius 3 is 2.67 bits per heavy atom. The molecule has 1 aromatic heterocycles. The number of rotatable bonds is 4. The van der Waals surface area contributed by atoms with Crippen molar-refractivity contribution < 1.29 is 19.5 Å². The number of hydrogen-bond donors (Lipinski definition) is 1. The van der Waals surface area contributed by atoms with Gasteiger partial charge in [-0.15, -0.1) is 0 Å². The van der Waals surface area contributed by atoms with Crippen LogP contribution in [-0.2, 0) is 16.0 Å². The fourth-order valence-electron chi connectivity index (χ4n) is 4.53. The van der Waals surface area contributed by atoms with Crippen LogP contribution in [-0.4, -0.2) is 56.9 Å². The molecule has 156 valence electrons. The monoisotopic (exact) mass is 407 g/mol. The van der Waals surface area contributed by atoms with Gasteiger partial charge in [-0.3, -0.25) is 9.78 Å². The minimum Gasteiger partial charge on any atom is -0.480 e. The molecule has 2 aliphatic heterocycles. The number of imide groups is 1. The van der Waals surface area contributed by atoms with Crippen molar-refractivity contribution in [3.8, 4) is 0 Å². The number of aromatic nitrogens is 1. The van der Waals surface area contributed by atoms with Crippen LogP contribution in [0.2, 0.25) is 0 Å². The van der Waals surface area contributed by atoms with Gasteiger partial charge in [0.2, 0.25) is 5.91 Å². The molecule has 1 aromatic carbocycles. The molecule has 2 fully saturated rings. The van der Waals surface area contributed by atoms with Crippen molar-refractivity contribution in [2.75, 3.05) is 13.1 Å². The van der Waals surface area contributed by atoms with Gasteiger partial charge in [-0.25, -0.2) is 14.5 Å². The summed E-state index contributed by atoms with van der Waals surface area (Å²) in [5.41, 5.74) is 2.81. The normalized spacial score (nSPS) is 23.8. The Balaban J connectivity index is 1.48. The zero-order valence-electron chi connectivity index (χ0n) is 16.9. The number of nitrogens with zero attached hydrogens (tertiary/aromatic N) is 3. The first kappa shape index (κ1) is 20.1. The molecule has 4 rings (SSSR count). The van der Waals surface area contributed by atoms with Crippen molar-refractivity contribution in [1.82, 2.24) is 14.8 Å². The molecule has 3 heterocycles. The first-order valence-electron chi connectivity index (χ1n) is 10.3. The first-order chi connectivity index (χ1) is 14.5. The highest BCUT2D eigenvalue weighted by atomic mass is 16.4. The lowest BCUT2D eigenvalue weighted by molar-refractivity contribution is -0.166. The van der Waals surface area contributed by atoms with Crippen LogP contribution >= 0.6 is 0 Å². The van der Waals surface area contributed by atoms with E-state index in [0.717, 1.165) is 34.6 Å². The molecule has 7 nitrogen and oxygen atoms in total. The topological polar surface area (TPSA) is 90.8 Å². The Labute approximate surface area is 175 Å². The van der Waals surface area contributed by atoms with Crippen LogP contribution in [0.3, 0.4) is 0 Å². The molecule has 0 saturated carbocycles. The fourth-order valence-corrected chi connectivity index (χ4v) is 4.53. The highest BCUT2D eigenvalue weighted by molar-refractivity contribution is 6.07. The number of aryl methyl sites for hydroxylation is 1. The third kappa shape index (κ3) is 3.79. The maximum atomic E-state index is 13.1. The van der Waals surface area contributed by atoms with Gasteiger partial charge in [-0.05, 0) is 49.4 Å². The van der Waals surface area contributed by atoms with Crippen LogP contribution in [0.25, 0.3) is 0 Å². The van der Waals surface area contributed by atoms with Crippen molar-refractivity contribution in [1.29, 1.82) is 0 Å². The maximum Gasteiger partial charge on any atom is 0.327 e. The summed E-state index contributed by atoms with van der Waals surface area (Å²) in [5.74, 6) is -2.10. The number of likely N-dealkylation sites (tertiary alicyclic amines) is 2. The van der Waals surface area contributed by atoms with E-state index in [1.54, 1.807) is 17.2 Å². The van der Waals surface area contributed by atoms with Gasteiger partial charge in [-0.1, -0.05) is 30.3 Å². The highest BCUT2D eigenvalue weighted by Crippen LogP contribution is 2.34. The van der Waals surface area contributed by atoms with E-state index < -0.39 is 29.9 Å². The van der Waals surface area contributed by atoms with E-state index >= 15 is 0 Å². The molecule has 0 bridgehead atoms. The summed E-state index contributed by atoms with van der Waals surface area (Å²) in [6, 6.07) is 12.0. The third-order valence-electron chi connectivity index (χ3n) is 6.05. The Bertz CT molecular complexity index is 962. The molecule has 0 unspecified atom stereocenters. The van der Waals surface area contributed by atoms with Crippen LogP contribution in [0.15, 0.2) is 48.7 Å². The van der Waals surface area contributed by atoms with Gasteiger partial charge >= 0.3 is 12.0 Å². The maximum absolute atomic E-state index is 13.1. The van der Waals surface area contributed by atoms with Gasteiger partial charge in [0.25, 0.3) is 0 Å². The fraction of sp³-hybridized carbons (Fsp3) is 0.391. The average Bonchev–Trinajstić information content (AvgIpc) is 2.75. The van der Waals surface area contributed by atoms with Gasteiger partial charge in [0, 0.05) is 30.9 Å². The zero-order valence-corrected chi connectivity index (χ0v) is 16.9. The predicted molar refractivity (Wildman–Crippen MR) is 110 cm³/mol. The number of amides is 3. The Morgan fingerprint density at radius 2 is 1.97 bits per heavy atom. The second-order valence-electron chi connectivity index (χ2n) is 8.09. The number of hydrogen-bond acceptors (Lipinski definition) is 4. The molecular formula is C23H25N3O4. The lowest BCUT2D eigenvalue weighted by Gasteiger charge is -2.46. The van der Waals surface area contributed by atoms with Gasteiger partial charge in [0.15, 0.2) is 6.04 Å². The van der Waals surface area contributed by atoms with Crippen molar-refractivity contribution in [2.45, 2.75) is 38.1 Å². The van der Waals surface area contributed by atoms with Crippen LogP contribution in [0.1, 0.15) is 35.6 Å². The summed E-state index contributed by atoms with van der Waals surface area (Å²) < 4.78 is 0. The van der Waals surface area contributed by atoms with Crippen molar-refractivity contribution in [2.24, 2.45) is 5.92 Å². The van der Waals surface area contributed by atoms with Crippen LogP contribution in [0.4, 0.5) is 4.79 Å². The van der Waals surface area contributed by atoms with E-state index in [9.17, 15) is 19.5 Å². The molecule has 0 aliphatic carbocycles. The Hall–Kier alpha value is -3.22. The van der Waals surface area contributed by atoms with Gasteiger partial charge in [-0.2, -0.15) is 0 Å². The summed E-state index contributed by atoms with van der Waals surface area (Å²) in [5, 5.41) is 9.72. The average molecular weight is 407 g/mol. The first-order valence-corrected chi connectivity index (χ1v) is 10.3. The number of urea groups is 1. The van der Waals surface area contributed by atoms with Crippen LogP contribution < -0.4 is 0 Å². The second kappa shape index (κ2) is 8.26. The molecule has 0 spiro atoms. The van der Waals surface area contributed by atoms with Crippen LogP contribution in [0.5, 0.6) is 0 Å². The summed E-state index contributed by atoms with van der Waals surface area (Å²) in [6.45, 7) is 2.87. The number of piperidine rings is 1. The van der Waals surface area contributed by atoms with E-state index in [2.05, 4.69) is 4.98 Å². The molecule has 7 heteroatoms. The smallest absolute Gasteiger partial charge is 0.327 e. The molecule has 2 aromatic rings. The van der Waals surface area contributed by atoms with E-state index in [1.165, 1.54) is 0 Å². The number of carboxylic acid groups (broad SMARTS) is 1. The van der Waals surface area contributed by atoms with E-state index in [-0.39, 0.29) is 12.3 Å². The quantitative estimate of drug-likeness (QED) is 0.787. The molecular weight excluding hydrogens is 382 g/mol. The second-order valence-corrected chi connectivity index (χ2v) is 8.09. The van der Waals surface area contributed by atoms with E-state index in [0.29, 0.717) is 13.1 Å². The molecule has 30 heavy (non-hydrogen) atoms. The standard InChI is InChI=1S/C23H25N3O4/c1-15-12-16(9-10-24-15)13-19-20(22(28)29)26(21(19)27)23(30)25-11-5-8-18(14-25)17-6-3-2-4-7-17/h2-4,6-7,9-10,12,18-20H,5,8,11,13-14H2,1H3,(H,28,29)/t18-,19+,20-/m0/s1. The molecule has 3 amide bonds. The van der Waals surface area contributed by atoms with Gasteiger partial charge in [0.05, 0.1) is 5.92 Å². The number of pyridine rings is 1. The molecule has 2 aliphatic rings. The number of carbonyl (C=O) groups excluding carboxylic acids is 2. The van der Waals surface area contributed by atoms with E-state index in [4.69, 9.17) is 0 Å². The summed E-state index contributed by atoms with van der Waals surface area (Å²) in [6.07, 6.45) is 3.72. The number of β-lactam (4-membered cyclic amide) rings is 1. The third-order valence-corrected chi connectivity index (χ3v) is 6.05. The minimum absolute atomic E-state index is 0.194. The highest BCUT2D eigenvalue weighted by Gasteiger charge is 2.55. The molecule has 3 atom stereocenters. The lowest BCUT2D eigenvalue weighted by Crippen LogP contribution is -2.69. The number of aliphatic carboxylic acids is 1. The SMILES string of the molecule is Cc1cc(C[C@H]2C(=O)N(C(=O)N3CCC[C@H](c4ccccc4)C3)[C@@H]2C(=O)O)ccn1. The summed E-state index contributed by atoms with van der Waals surface area (Å²) in [7, 11) is 0.